The predicted molar refractivity (Wildman–Crippen MR) is 81.7 cm³/mol. The lowest BCUT2D eigenvalue weighted by Gasteiger charge is -2.27. The fourth-order valence-electron chi connectivity index (χ4n) is 2.55. The standard InChI is InChI=1S/C15H16N4O4/c1-23-10-4-2-3-9(7-10)16-15(22)19-6-5-12-11(8-19)13(14(20)21)18-17-12/h2-4,7H,5-6,8H2,1H3,(H,16,22)(H,17,18)(H,20,21). The van der Waals surface area contributed by atoms with E-state index in [-0.39, 0.29) is 18.3 Å². The highest BCUT2D eigenvalue weighted by Gasteiger charge is 2.27. The van der Waals surface area contributed by atoms with Gasteiger partial charge in [-0.3, -0.25) is 5.10 Å². The van der Waals surface area contributed by atoms with E-state index in [1.807, 2.05) is 0 Å². The number of nitrogens with one attached hydrogen (secondary N) is 2. The van der Waals surface area contributed by atoms with Gasteiger partial charge in [-0.1, -0.05) is 6.07 Å². The lowest BCUT2D eigenvalue weighted by Crippen LogP contribution is -2.39. The van der Waals surface area contributed by atoms with Crippen molar-refractivity contribution in [2.75, 3.05) is 19.0 Å². The summed E-state index contributed by atoms with van der Waals surface area (Å²) in [5.41, 5.74) is 1.92. The average molecular weight is 316 g/mol. The minimum absolute atomic E-state index is 0.0288. The van der Waals surface area contributed by atoms with Gasteiger partial charge in [0.05, 0.1) is 13.7 Å². The van der Waals surface area contributed by atoms with Crippen LogP contribution in [-0.2, 0) is 13.0 Å². The highest BCUT2D eigenvalue weighted by molar-refractivity contribution is 5.91. The number of carboxylic acid groups (broad SMARTS) is 1. The molecule has 23 heavy (non-hydrogen) atoms. The lowest BCUT2D eigenvalue weighted by molar-refractivity contribution is 0.0688. The number of carboxylic acids is 1. The van der Waals surface area contributed by atoms with Crippen LogP contribution in [0.5, 0.6) is 5.75 Å². The van der Waals surface area contributed by atoms with E-state index in [1.54, 1.807) is 36.3 Å². The molecule has 3 rings (SSSR count). The summed E-state index contributed by atoms with van der Waals surface area (Å²) >= 11 is 0. The molecular formula is C15H16N4O4. The Balaban J connectivity index is 1.73. The van der Waals surface area contributed by atoms with Crippen LogP contribution in [0.1, 0.15) is 21.7 Å². The molecule has 1 aliphatic heterocycles. The number of anilines is 1. The number of methoxy groups -OCH3 is 1. The van der Waals surface area contributed by atoms with Gasteiger partial charge in [-0.2, -0.15) is 5.10 Å². The SMILES string of the molecule is COc1cccc(NC(=O)N2CCc3[nH]nc(C(=O)O)c3C2)c1. The molecule has 1 aromatic heterocycles. The molecule has 1 aromatic carbocycles. The summed E-state index contributed by atoms with van der Waals surface area (Å²) in [5, 5.41) is 18.4. The fourth-order valence-corrected chi connectivity index (χ4v) is 2.55. The van der Waals surface area contributed by atoms with Crippen molar-refractivity contribution in [1.29, 1.82) is 0 Å². The predicted octanol–water partition coefficient (Wildman–Crippen LogP) is 1.71. The van der Waals surface area contributed by atoms with Crippen molar-refractivity contribution in [3.8, 4) is 5.75 Å². The lowest BCUT2D eigenvalue weighted by atomic mass is 10.1. The quantitative estimate of drug-likeness (QED) is 0.799. The number of hydrogen-bond acceptors (Lipinski definition) is 4. The van der Waals surface area contributed by atoms with Crippen LogP contribution in [0, 0.1) is 0 Å². The van der Waals surface area contributed by atoms with Crippen molar-refractivity contribution >= 4 is 17.7 Å². The van der Waals surface area contributed by atoms with Crippen LogP contribution in [-0.4, -0.2) is 45.9 Å². The Kier molecular flexibility index (Phi) is 3.88. The first-order valence-electron chi connectivity index (χ1n) is 7.08. The van der Waals surface area contributed by atoms with Gasteiger partial charge in [0.25, 0.3) is 0 Å². The highest BCUT2D eigenvalue weighted by atomic mass is 16.5. The molecule has 8 nitrogen and oxygen atoms in total. The third kappa shape index (κ3) is 2.96. The third-order valence-corrected chi connectivity index (χ3v) is 3.74. The normalized spacial score (nSPS) is 13.3. The van der Waals surface area contributed by atoms with E-state index in [4.69, 9.17) is 9.84 Å². The van der Waals surface area contributed by atoms with Gasteiger partial charge >= 0.3 is 12.0 Å². The number of ether oxygens (including phenoxy) is 1. The molecule has 0 spiro atoms. The number of aromatic carboxylic acids is 1. The number of nitrogens with zero attached hydrogens (tertiary/aromatic N) is 2. The molecular weight excluding hydrogens is 300 g/mol. The second-order valence-corrected chi connectivity index (χ2v) is 5.17. The second-order valence-electron chi connectivity index (χ2n) is 5.17. The van der Waals surface area contributed by atoms with Crippen molar-refractivity contribution in [2.24, 2.45) is 0 Å². The summed E-state index contributed by atoms with van der Waals surface area (Å²) in [7, 11) is 1.55. The summed E-state index contributed by atoms with van der Waals surface area (Å²) in [5.74, 6) is -0.454. The molecule has 0 radical (unpaired) electrons. The summed E-state index contributed by atoms with van der Waals surface area (Å²) in [6.07, 6.45) is 0.543. The molecule has 0 aliphatic carbocycles. The molecule has 3 N–H and O–H groups in total. The van der Waals surface area contributed by atoms with Crippen molar-refractivity contribution in [2.45, 2.75) is 13.0 Å². The summed E-state index contributed by atoms with van der Waals surface area (Å²) in [6, 6.07) is 6.75. The summed E-state index contributed by atoms with van der Waals surface area (Å²) < 4.78 is 5.12. The first kappa shape index (κ1) is 14.9. The maximum absolute atomic E-state index is 12.4. The van der Waals surface area contributed by atoms with Gasteiger partial charge in [-0.25, -0.2) is 9.59 Å². The highest BCUT2D eigenvalue weighted by Crippen LogP contribution is 2.22. The molecule has 2 amide bonds. The summed E-state index contributed by atoms with van der Waals surface area (Å²) in [6.45, 7) is 0.702. The van der Waals surface area contributed by atoms with Crippen molar-refractivity contribution in [3.05, 3.63) is 41.2 Å². The smallest absolute Gasteiger partial charge is 0.356 e. The van der Waals surface area contributed by atoms with Crippen molar-refractivity contribution < 1.29 is 19.4 Å². The largest absolute Gasteiger partial charge is 0.497 e. The topological polar surface area (TPSA) is 108 Å². The first-order valence-corrected chi connectivity index (χ1v) is 7.08. The Hall–Kier alpha value is -3.03. The van der Waals surface area contributed by atoms with E-state index >= 15 is 0 Å². The Labute approximate surface area is 132 Å². The molecule has 1 aliphatic rings. The van der Waals surface area contributed by atoms with E-state index in [0.29, 0.717) is 30.0 Å². The monoisotopic (exact) mass is 316 g/mol. The fraction of sp³-hybridized carbons (Fsp3) is 0.267. The molecule has 2 heterocycles. The third-order valence-electron chi connectivity index (χ3n) is 3.74. The minimum atomic E-state index is -1.10. The van der Waals surface area contributed by atoms with Gasteiger partial charge in [-0.05, 0) is 12.1 Å². The van der Waals surface area contributed by atoms with Crippen LogP contribution in [0.25, 0.3) is 0 Å². The van der Waals surface area contributed by atoms with Gasteiger partial charge in [0, 0.05) is 36.0 Å². The van der Waals surface area contributed by atoms with Crippen LogP contribution < -0.4 is 10.1 Å². The maximum atomic E-state index is 12.4. The van der Waals surface area contributed by atoms with Gasteiger partial charge in [0.15, 0.2) is 5.69 Å². The molecule has 120 valence electrons. The Morgan fingerprint density at radius 3 is 3.00 bits per heavy atom. The number of aromatic nitrogens is 2. The van der Waals surface area contributed by atoms with E-state index < -0.39 is 5.97 Å². The number of amides is 2. The zero-order valence-electron chi connectivity index (χ0n) is 12.5. The van der Waals surface area contributed by atoms with Gasteiger partial charge in [0.1, 0.15) is 5.75 Å². The van der Waals surface area contributed by atoms with E-state index in [9.17, 15) is 9.59 Å². The maximum Gasteiger partial charge on any atom is 0.356 e. The molecule has 0 fully saturated rings. The van der Waals surface area contributed by atoms with Gasteiger partial charge in [0.2, 0.25) is 0 Å². The molecule has 0 atom stereocenters. The van der Waals surface area contributed by atoms with Crippen LogP contribution in [0.2, 0.25) is 0 Å². The van der Waals surface area contributed by atoms with E-state index in [0.717, 1.165) is 5.69 Å². The average Bonchev–Trinajstić information content (AvgIpc) is 2.98. The van der Waals surface area contributed by atoms with Crippen LogP contribution in [0.15, 0.2) is 24.3 Å². The number of benzene rings is 1. The number of rotatable bonds is 3. The molecule has 0 bridgehead atoms. The minimum Gasteiger partial charge on any atom is -0.497 e. The molecule has 8 heteroatoms. The Bertz CT molecular complexity index is 756. The van der Waals surface area contributed by atoms with Crippen LogP contribution in [0.3, 0.4) is 0 Å². The van der Waals surface area contributed by atoms with Crippen molar-refractivity contribution in [1.82, 2.24) is 15.1 Å². The van der Waals surface area contributed by atoms with Gasteiger partial charge < -0.3 is 20.1 Å². The number of urea groups is 1. The molecule has 0 saturated carbocycles. The number of carbonyl (C=O) groups is 2. The molecule has 0 unspecified atom stereocenters. The number of aromatic amines is 1. The second kappa shape index (κ2) is 5.99. The zero-order valence-corrected chi connectivity index (χ0v) is 12.5. The van der Waals surface area contributed by atoms with Crippen LogP contribution >= 0.6 is 0 Å². The summed E-state index contributed by atoms with van der Waals surface area (Å²) in [4.78, 5) is 25.1. The number of fused-ring (bicyclic) bond motifs is 1. The molecule has 0 saturated heterocycles. The Morgan fingerprint density at radius 1 is 1.43 bits per heavy atom. The molecule has 2 aromatic rings. The van der Waals surface area contributed by atoms with E-state index in [2.05, 4.69) is 15.5 Å². The van der Waals surface area contributed by atoms with Crippen molar-refractivity contribution in [3.63, 3.8) is 0 Å². The zero-order chi connectivity index (χ0) is 16.4. The van der Waals surface area contributed by atoms with E-state index in [1.165, 1.54) is 0 Å². The van der Waals surface area contributed by atoms with Gasteiger partial charge in [-0.15, -0.1) is 0 Å². The number of hydrogen-bond donors (Lipinski definition) is 3. The van der Waals surface area contributed by atoms with Crippen LogP contribution in [0.4, 0.5) is 10.5 Å². The number of carbonyl (C=O) groups excluding carboxylic acids is 1. The first-order chi connectivity index (χ1) is 11.1. The number of H-pyrrole nitrogens is 1. The Morgan fingerprint density at radius 2 is 2.26 bits per heavy atom.